The summed E-state index contributed by atoms with van der Waals surface area (Å²) in [5, 5.41) is 6.03. The van der Waals surface area contributed by atoms with E-state index < -0.39 is 22.0 Å². The minimum atomic E-state index is -3.85. The Kier molecular flexibility index (Phi) is 8.32. The van der Waals surface area contributed by atoms with Crippen LogP contribution in [0.15, 0.2) is 101 Å². The molecule has 4 aromatic rings. The number of hydrazone groups is 1. The van der Waals surface area contributed by atoms with Crippen molar-refractivity contribution >= 4 is 32.9 Å². The maximum Gasteiger partial charge on any atom is 0.242 e. The highest BCUT2D eigenvalue weighted by Crippen LogP contribution is 2.28. The van der Waals surface area contributed by atoms with E-state index in [1.54, 1.807) is 54.7 Å². The third-order valence-corrected chi connectivity index (χ3v) is 7.32. The van der Waals surface area contributed by atoms with Gasteiger partial charge in [0.15, 0.2) is 0 Å². The Morgan fingerprint density at radius 2 is 1.59 bits per heavy atom. The lowest BCUT2D eigenvalue weighted by Crippen LogP contribution is -2.32. The van der Waals surface area contributed by atoms with Gasteiger partial charge in [0.25, 0.3) is 0 Å². The van der Waals surface area contributed by atoms with E-state index in [2.05, 4.69) is 15.2 Å². The molecule has 1 amide bonds. The first kappa shape index (κ1) is 26.1. The molecule has 1 atom stereocenters. The van der Waals surface area contributed by atoms with Crippen LogP contribution in [0, 0.1) is 6.92 Å². The molecule has 0 bridgehead atoms. The van der Waals surface area contributed by atoms with Gasteiger partial charge in [0.2, 0.25) is 15.9 Å². The van der Waals surface area contributed by atoms with E-state index in [9.17, 15) is 13.2 Å². The van der Waals surface area contributed by atoms with Gasteiger partial charge in [-0.3, -0.25) is 4.79 Å². The fourth-order valence-corrected chi connectivity index (χ4v) is 5.20. The van der Waals surface area contributed by atoms with Crippen LogP contribution >= 0.6 is 0 Å². The van der Waals surface area contributed by atoms with Crippen molar-refractivity contribution in [2.75, 3.05) is 6.61 Å². The molecule has 0 saturated carbocycles. The first-order valence-corrected chi connectivity index (χ1v) is 13.5. The number of hydrogen-bond donors (Lipinski definition) is 2. The summed E-state index contributed by atoms with van der Waals surface area (Å²) in [6.07, 6.45) is 1.44. The average molecular weight is 516 g/mol. The largest absolute Gasteiger partial charge is 0.493 e. The first-order chi connectivity index (χ1) is 17.9. The van der Waals surface area contributed by atoms with Crippen LogP contribution in [0.2, 0.25) is 0 Å². The summed E-state index contributed by atoms with van der Waals surface area (Å²) in [4.78, 5) is 12.9. The summed E-state index contributed by atoms with van der Waals surface area (Å²) in [5.74, 6) is 0.359. The molecule has 0 aromatic heterocycles. The molecule has 0 heterocycles. The molecule has 7 nitrogen and oxygen atoms in total. The molecular weight excluding hydrogens is 486 g/mol. The predicted molar refractivity (Wildman–Crippen MR) is 146 cm³/mol. The molecule has 0 saturated heterocycles. The molecule has 0 radical (unpaired) electrons. The number of benzene rings is 4. The summed E-state index contributed by atoms with van der Waals surface area (Å²) in [5.41, 5.74) is 4.98. The highest BCUT2D eigenvalue weighted by atomic mass is 32.2. The smallest absolute Gasteiger partial charge is 0.242 e. The van der Waals surface area contributed by atoms with E-state index in [-0.39, 0.29) is 11.3 Å². The summed E-state index contributed by atoms with van der Waals surface area (Å²) >= 11 is 0. The Morgan fingerprint density at radius 3 is 2.30 bits per heavy atom. The summed E-state index contributed by atoms with van der Waals surface area (Å²) < 4.78 is 34.4. The summed E-state index contributed by atoms with van der Waals surface area (Å²) in [6.45, 7) is 4.38. The van der Waals surface area contributed by atoms with Crippen LogP contribution in [0.4, 0.5) is 0 Å². The van der Waals surface area contributed by atoms with Gasteiger partial charge in [-0.05, 0) is 49.1 Å². The zero-order valence-electron chi connectivity index (χ0n) is 20.7. The number of hydrogen-bond acceptors (Lipinski definition) is 5. The van der Waals surface area contributed by atoms with Gasteiger partial charge >= 0.3 is 0 Å². The van der Waals surface area contributed by atoms with Crippen molar-refractivity contribution in [3.8, 4) is 5.75 Å². The standard InChI is InChI=1S/C29H29N3O4S/c1-3-36-28-18-15-23(25-11-7-8-12-26(25)28)20-30-31-29(33)19-27(22-9-5-4-6-10-22)32-37(34,35)24-16-13-21(2)14-17-24/h4-18,20,27,32H,3,19H2,1-2H3,(H,31,33)/b30-20-/t27-/m1/s1. The van der Waals surface area contributed by atoms with Crippen molar-refractivity contribution < 1.29 is 17.9 Å². The maximum atomic E-state index is 13.0. The number of ether oxygens (including phenoxy) is 1. The van der Waals surface area contributed by atoms with E-state index in [1.165, 1.54) is 0 Å². The molecule has 4 aromatic carbocycles. The number of sulfonamides is 1. The SMILES string of the molecule is CCOc1ccc(/C=N\NC(=O)C[C@@H](NS(=O)(=O)c2ccc(C)cc2)c2ccccc2)c2ccccc12. The molecule has 0 aliphatic heterocycles. The van der Waals surface area contributed by atoms with Crippen molar-refractivity contribution in [2.24, 2.45) is 5.10 Å². The van der Waals surface area contributed by atoms with Crippen molar-refractivity contribution in [1.82, 2.24) is 10.1 Å². The van der Waals surface area contributed by atoms with Crippen molar-refractivity contribution in [2.45, 2.75) is 31.2 Å². The van der Waals surface area contributed by atoms with Crippen LogP contribution < -0.4 is 14.9 Å². The minimum Gasteiger partial charge on any atom is -0.493 e. The highest BCUT2D eigenvalue weighted by molar-refractivity contribution is 7.89. The molecule has 0 fully saturated rings. The Balaban J connectivity index is 1.50. The van der Waals surface area contributed by atoms with Gasteiger partial charge in [0.1, 0.15) is 5.75 Å². The third-order valence-electron chi connectivity index (χ3n) is 5.83. The van der Waals surface area contributed by atoms with Crippen molar-refractivity contribution in [1.29, 1.82) is 0 Å². The maximum absolute atomic E-state index is 13.0. The topological polar surface area (TPSA) is 96.9 Å². The quantitative estimate of drug-likeness (QED) is 0.227. The second-order valence-electron chi connectivity index (χ2n) is 8.53. The van der Waals surface area contributed by atoms with Gasteiger partial charge in [-0.2, -0.15) is 5.10 Å². The van der Waals surface area contributed by atoms with Gasteiger partial charge in [0.05, 0.1) is 23.8 Å². The lowest BCUT2D eigenvalue weighted by molar-refractivity contribution is -0.121. The van der Waals surface area contributed by atoms with Crippen LogP contribution in [-0.2, 0) is 14.8 Å². The summed E-state index contributed by atoms with van der Waals surface area (Å²) in [6, 6.07) is 26.4. The fourth-order valence-electron chi connectivity index (χ4n) is 3.98. The average Bonchev–Trinajstić information content (AvgIpc) is 2.90. The molecule has 190 valence electrons. The normalized spacial score (nSPS) is 12.5. The predicted octanol–water partition coefficient (Wildman–Crippen LogP) is 5.11. The molecule has 0 spiro atoms. The molecule has 4 rings (SSSR count). The Morgan fingerprint density at radius 1 is 0.919 bits per heavy atom. The highest BCUT2D eigenvalue weighted by Gasteiger charge is 2.23. The number of nitrogens with zero attached hydrogens (tertiary/aromatic N) is 1. The van der Waals surface area contributed by atoms with E-state index >= 15 is 0 Å². The van der Waals surface area contributed by atoms with Gasteiger partial charge in [-0.15, -0.1) is 0 Å². The van der Waals surface area contributed by atoms with Crippen molar-refractivity contribution in [3.05, 3.63) is 108 Å². The van der Waals surface area contributed by atoms with E-state index in [4.69, 9.17) is 4.74 Å². The molecule has 0 unspecified atom stereocenters. The third kappa shape index (κ3) is 6.61. The number of amides is 1. The van der Waals surface area contributed by atoms with E-state index in [0.29, 0.717) is 12.2 Å². The zero-order chi connectivity index (χ0) is 26.3. The monoisotopic (exact) mass is 515 g/mol. The van der Waals surface area contributed by atoms with Crippen LogP contribution in [0.1, 0.15) is 36.1 Å². The molecule has 37 heavy (non-hydrogen) atoms. The Labute approximate surface area is 217 Å². The van der Waals surface area contributed by atoms with Crippen molar-refractivity contribution in [3.63, 3.8) is 0 Å². The Hall–Kier alpha value is -4.01. The second kappa shape index (κ2) is 11.8. The number of carbonyl (C=O) groups excluding carboxylic acids is 1. The molecule has 2 N–H and O–H groups in total. The molecule has 8 heteroatoms. The number of rotatable bonds is 10. The van der Waals surface area contributed by atoms with Gasteiger partial charge in [-0.25, -0.2) is 18.6 Å². The number of nitrogens with one attached hydrogen (secondary N) is 2. The van der Waals surface area contributed by atoms with Crippen LogP contribution in [0.25, 0.3) is 10.8 Å². The van der Waals surface area contributed by atoms with Crippen LogP contribution in [0.3, 0.4) is 0 Å². The van der Waals surface area contributed by atoms with Crippen LogP contribution in [-0.4, -0.2) is 27.1 Å². The number of carbonyl (C=O) groups is 1. The zero-order valence-corrected chi connectivity index (χ0v) is 21.5. The number of fused-ring (bicyclic) bond motifs is 1. The lowest BCUT2D eigenvalue weighted by Gasteiger charge is -2.18. The summed E-state index contributed by atoms with van der Waals surface area (Å²) in [7, 11) is -3.85. The van der Waals surface area contributed by atoms with Gasteiger partial charge < -0.3 is 4.74 Å². The first-order valence-electron chi connectivity index (χ1n) is 12.0. The van der Waals surface area contributed by atoms with E-state index in [0.717, 1.165) is 27.6 Å². The van der Waals surface area contributed by atoms with Gasteiger partial charge in [0, 0.05) is 17.4 Å². The van der Waals surface area contributed by atoms with E-state index in [1.807, 2.05) is 56.3 Å². The molecule has 0 aliphatic carbocycles. The Bertz CT molecular complexity index is 1500. The van der Waals surface area contributed by atoms with Crippen LogP contribution in [0.5, 0.6) is 5.75 Å². The number of aryl methyl sites for hydroxylation is 1. The molecular formula is C29H29N3O4S. The lowest BCUT2D eigenvalue weighted by atomic mass is 10.0. The minimum absolute atomic E-state index is 0.129. The van der Waals surface area contributed by atoms with Gasteiger partial charge in [-0.1, -0.05) is 72.3 Å². The second-order valence-corrected chi connectivity index (χ2v) is 10.2. The fraction of sp³-hybridized carbons (Fsp3) is 0.172. The molecule has 0 aliphatic rings.